The zero-order valence-electron chi connectivity index (χ0n) is 15.4. The SMILES string of the molecule is S=C(NCCCN1CCOCC1)N/N=C/c1ccc(-c2ccccc2)cc1. The highest BCUT2D eigenvalue weighted by Gasteiger charge is 2.08. The van der Waals surface area contributed by atoms with Gasteiger partial charge in [-0.15, -0.1) is 0 Å². The van der Waals surface area contributed by atoms with E-state index in [2.05, 4.69) is 45.0 Å². The first kappa shape index (κ1) is 19.5. The summed E-state index contributed by atoms with van der Waals surface area (Å²) in [6, 6.07) is 18.6. The van der Waals surface area contributed by atoms with E-state index in [0.717, 1.165) is 51.4 Å². The van der Waals surface area contributed by atoms with Crippen LogP contribution in [0.4, 0.5) is 0 Å². The highest BCUT2D eigenvalue weighted by molar-refractivity contribution is 7.80. The third-order valence-corrected chi connectivity index (χ3v) is 4.67. The minimum absolute atomic E-state index is 0.550. The van der Waals surface area contributed by atoms with Crippen LogP contribution in [0.5, 0.6) is 0 Å². The summed E-state index contributed by atoms with van der Waals surface area (Å²) in [6.45, 7) is 5.63. The molecule has 0 spiro atoms. The van der Waals surface area contributed by atoms with Crippen molar-refractivity contribution in [2.24, 2.45) is 5.10 Å². The monoisotopic (exact) mass is 382 g/mol. The molecule has 1 aliphatic heterocycles. The van der Waals surface area contributed by atoms with Gasteiger partial charge in [0.15, 0.2) is 5.11 Å². The van der Waals surface area contributed by atoms with E-state index in [1.54, 1.807) is 6.21 Å². The number of benzene rings is 2. The molecule has 5 nitrogen and oxygen atoms in total. The molecule has 3 rings (SSSR count). The summed E-state index contributed by atoms with van der Waals surface area (Å²) in [5, 5.41) is 7.94. The zero-order valence-corrected chi connectivity index (χ0v) is 16.3. The van der Waals surface area contributed by atoms with Crippen LogP contribution >= 0.6 is 12.2 Å². The van der Waals surface area contributed by atoms with E-state index in [0.29, 0.717) is 5.11 Å². The number of rotatable bonds is 7. The Balaban J connectivity index is 1.35. The molecule has 27 heavy (non-hydrogen) atoms. The molecule has 0 aromatic heterocycles. The highest BCUT2D eigenvalue weighted by atomic mass is 32.1. The van der Waals surface area contributed by atoms with E-state index in [4.69, 9.17) is 17.0 Å². The molecular weight excluding hydrogens is 356 g/mol. The Morgan fingerprint density at radius 1 is 1.04 bits per heavy atom. The number of hydrogen-bond acceptors (Lipinski definition) is 4. The van der Waals surface area contributed by atoms with E-state index in [-0.39, 0.29) is 0 Å². The number of ether oxygens (including phenoxy) is 1. The van der Waals surface area contributed by atoms with E-state index < -0.39 is 0 Å². The normalized spacial score (nSPS) is 15.0. The van der Waals surface area contributed by atoms with Crippen molar-refractivity contribution in [1.82, 2.24) is 15.6 Å². The summed E-state index contributed by atoms with van der Waals surface area (Å²) in [6.07, 6.45) is 2.82. The van der Waals surface area contributed by atoms with Crippen molar-refractivity contribution in [2.45, 2.75) is 6.42 Å². The van der Waals surface area contributed by atoms with Gasteiger partial charge < -0.3 is 10.1 Å². The van der Waals surface area contributed by atoms with Gasteiger partial charge >= 0.3 is 0 Å². The maximum Gasteiger partial charge on any atom is 0.186 e. The van der Waals surface area contributed by atoms with Crippen LogP contribution in [-0.4, -0.2) is 55.6 Å². The van der Waals surface area contributed by atoms with E-state index in [1.807, 2.05) is 30.3 Å². The molecule has 0 atom stereocenters. The van der Waals surface area contributed by atoms with Gasteiger partial charge in [-0.25, -0.2) is 0 Å². The van der Waals surface area contributed by atoms with Crippen LogP contribution in [0, 0.1) is 0 Å². The predicted molar refractivity (Wildman–Crippen MR) is 115 cm³/mol. The number of morpholine rings is 1. The summed E-state index contributed by atoms with van der Waals surface area (Å²) in [5.74, 6) is 0. The van der Waals surface area contributed by atoms with Crippen molar-refractivity contribution in [1.29, 1.82) is 0 Å². The van der Waals surface area contributed by atoms with Crippen molar-refractivity contribution >= 4 is 23.5 Å². The number of hydrogen-bond donors (Lipinski definition) is 2. The minimum Gasteiger partial charge on any atom is -0.379 e. The zero-order chi connectivity index (χ0) is 18.7. The molecule has 0 radical (unpaired) electrons. The fourth-order valence-electron chi connectivity index (χ4n) is 2.93. The third-order valence-electron chi connectivity index (χ3n) is 4.44. The van der Waals surface area contributed by atoms with Gasteiger partial charge in [0, 0.05) is 19.6 Å². The second-order valence-corrected chi connectivity index (χ2v) is 6.83. The molecule has 1 saturated heterocycles. The molecule has 2 aromatic carbocycles. The van der Waals surface area contributed by atoms with Crippen LogP contribution in [0.15, 0.2) is 59.7 Å². The lowest BCUT2D eigenvalue weighted by molar-refractivity contribution is 0.0376. The first-order chi connectivity index (χ1) is 13.3. The number of thiocarbonyl (C=S) groups is 1. The van der Waals surface area contributed by atoms with Crippen LogP contribution in [0.2, 0.25) is 0 Å². The summed E-state index contributed by atoms with van der Waals surface area (Å²) < 4.78 is 5.35. The highest BCUT2D eigenvalue weighted by Crippen LogP contribution is 2.18. The third kappa shape index (κ3) is 6.75. The Morgan fingerprint density at radius 3 is 2.48 bits per heavy atom. The molecule has 0 amide bonds. The van der Waals surface area contributed by atoms with Gasteiger partial charge in [-0.3, -0.25) is 10.3 Å². The average molecular weight is 383 g/mol. The van der Waals surface area contributed by atoms with E-state index in [9.17, 15) is 0 Å². The van der Waals surface area contributed by atoms with Gasteiger partial charge in [-0.2, -0.15) is 5.10 Å². The lowest BCUT2D eigenvalue weighted by atomic mass is 10.0. The van der Waals surface area contributed by atoms with E-state index in [1.165, 1.54) is 11.1 Å². The molecule has 6 heteroatoms. The Morgan fingerprint density at radius 2 is 1.74 bits per heavy atom. The Hall–Kier alpha value is -2.28. The van der Waals surface area contributed by atoms with Gasteiger partial charge in [0.1, 0.15) is 0 Å². The van der Waals surface area contributed by atoms with Crippen molar-refractivity contribution in [3.8, 4) is 11.1 Å². The van der Waals surface area contributed by atoms with Crippen LogP contribution in [0.1, 0.15) is 12.0 Å². The molecular formula is C21H26N4OS. The van der Waals surface area contributed by atoms with Crippen LogP contribution < -0.4 is 10.7 Å². The molecule has 2 N–H and O–H groups in total. The molecule has 0 saturated carbocycles. The maximum absolute atomic E-state index is 5.35. The minimum atomic E-state index is 0.550. The molecule has 1 aliphatic rings. The molecule has 0 unspecified atom stereocenters. The van der Waals surface area contributed by atoms with Gasteiger partial charge in [0.05, 0.1) is 19.4 Å². The van der Waals surface area contributed by atoms with Crippen LogP contribution in [0.25, 0.3) is 11.1 Å². The fraction of sp³-hybridized carbons (Fsp3) is 0.333. The number of nitrogens with one attached hydrogen (secondary N) is 2. The summed E-state index contributed by atoms with van der Waals surface area (Å²) in [5.41, 5.74) is 6.30. The fourth-order valence-corrected chi connectivity index (χ4v) is 3.08. The quantitative estimate of drug-likeness (QED) is 0.334. The van der Waals surface area contributed by atoms with Crippen molar-refractivity contribution < 1.29 is 4.74 Å². The summed E-state index contributed by atoms with van der Waals surface area (Å²) >= 11 is 5.25. The summed E-state index contributed by atoms with van der Waals surface area (Å²) in [4.78, 5) is 2.42. The van der Waals surface area contributed by atoms with Crippen LogP contribution in [0.3, 0.4) is 0 Å². The first-order valence-corrected chi connectivity index (χ1v) is 9.74. The standard InChI is InChI=1S/C21H26N4OS/c27-21(22-11-4-12-25-13-15-26-16-14-25)24-23-17-18-7-9-20(10-8-18)19-5-2-1-3-6-19/h1-3,5-10,17H,4,11-16H2,(H2,22,24,27)/b23-17+. The van der Waals surface area contributed by atoms with Gasteiger partial charge in [-0.1, -0.05) is 54.6 Å². The van der Waals surface area contributed by atoms with Gasteiger partial charge in [-0.05, 0) is 41.9 Å². The smallest absolute Gasteiger partial charge is 0.186 e. The Bertz CT molecular complexity index is 728. The first-order valence-electron chi connectivity index (χ1n) is 9.34. The van der Waals surface area contributed by atoms with Crippen LogP contribution in [-0.2, 0) is 4.74 Å². The lowest BCUT2D eigenvalue weighted by Crippen LogP contribution is -2.39. The molecule has 142 valence electrons. The second kappa shape index (κ2) is 10.8. The molecule has 1 heterocycles. The Labute approximate surface area is 166 Å². The maximum atomic E-state index is 5.35. The van der Waals surface area contributed by atoms with E-state index >= 15 is 0 Å². The number of hydrazone groups is 1. The van der Waals surface area contributed by atoms with Crippen molar-refractivity contribution in [3.63, 3.8) is 0 Å². The topological polar surface area (TPSA) is 48.9 Å². The average Bonchev–Trinajstić information content (AvgIpc) is 2.73. The largest absolute Gasteiger partial charge is 0.379 e. The molecule has 1 fully saturated rings. The second-order valence-electron chi connectivity index (χ2n) is 6.42. The van der Waals surface area contributed by atoms with Crippen molar-refractivity contribution in [2.75, 3.05) is 39.4 Å². The number of nitrogens with zero attached hydrogens (tertiary/aromatic N) is 2. The summed E-state index contributed by atoms with van der Waals surface area (Å²) in [7, 11) is 0. The van der Waals surface area contributed by atoms with Crippen molar-refractivity contribution in [3.05, 3.63) is 60.2 Å². The Kier molecular flexibility index (Phi) is 7.77. The predicted octanol–water partition coefficient (Wildman–Crippen LogP) is 2.87. The molecule has 2 aromatic rings. The molecule has 0 bridgehead atoms. The lowest BCUT2D eigenvalue weighted by Gasteiger charge is -2.26. The van der Waals surface area contributed by atoms with Gasteiger partial charge in [0.2, 0.25) is 0 Å². The van der Waals surface area contributed by atoms with Gasteiger partial charge in [0.25, 0.3) is 0 Å². The molecule has 0 aliphatic carbocycles.